The van der Waals surface area contributed by atoms with Crippen LogP contribution >= 0.6 is 0 Å². The van der Waals surface area contributed by atoms with E-state index >= 15 is 0 Å². The van der Waals surface area contributed by atoms with Gasteiger partial charge in [-0.2, -0.15) is 5.26 Å². The van der Waals surface area contributed by atoms with E-state index in [0.29, 0.717) is 0 Å². The summed E-state index contributed by atoms with van der Waals surface area (Å²) in [6, 6.07) is 1.70. The molecule has 1 unspecified atom stereocenters. The molecule has 0 fully saturated rings. The predicted octanol–water partition coefficient (Wildman–Crippen LogP) is 0.304. The van der Waals surface area contributed by atoms with Crippen LogP contribution in [0.5, 0.6) is 0 Å². The van der Waals surface area contributed by atoms with Crippen molar-refractivity contribution < 1.29 is 14.5 Å². The van der Waals surface area contributed by atoms with Crippen LogP contribution in [0.4, 0.5) is 0 Å². The number of hydrogen-bond donors (Lipinski definition) is 0. The van der Waals surface area contributed by atoms with E-state index in [2.05, 4.69) is 4.99 Å². The fraction of sp³-hybridized carbons (Fsp3) is 0.444. The molecule has 0 radical (unpaired) electrons. The quantitative estimate of drug-likeness (QED) is 0.505. The molecule has 0 aromatic carbocycles. The van der Waals surface area contributed by atoms with Gasteiger partial charge in [-0.3, -0.25) is 14.9 Å². The highest BCUT2D eigenvalue weighted by atomic mass is 16.6. The van der Waals surface area contributed by atoms with Crippen molar-refractivity contribution in [2.24, 2.45) is 10.9 Å². The summed E-state index contributed by atoms with van der Waals surface area (Å²) in [4.78, 5) is 25.0. The highest BCUT2D eigenvalue weighted by Gasteiger charge is 2.37. The van der Waals surface area contributed by atoms with Crippen molar-refractivity contribution in [1.29, 1.82) is 5.26 Å². The fourth-order valence-electron chi connectivity index (χ4n) is 1.49. The Bertz CT molecular complexity index is 444. The average Bonchev–Trinajstić information content (AvgIpc) is 2.17. The van der Waals surface area contributed by atoms with Gasteiger partial charge >= 0.3 is 0 Å². The molecule has 1 aliphatic rings. The second-order valence-corrected chi connectivity index (χ2v) is 3.16. The van der Waals surface area contributed by atoms with Crippen molar-refractivity contribution in [3.63, 3.8) is 0 Å². The number of dihydropyridines is 1. The molecule has 0 spiro atoms. The van der Waals surface area contributed by atoms with Gasteiger partial charge in [-0.1, -0.05) is 0 Å². The number of nitriles is 1. The molecule has 0 aromatic heterocycles. The van der Waals surface area contributed by atoms with Crippen LogP contribution in [0, 0.1) is 27.4 Å². The summed E-state index contributed by atoms with van der Waals surface area (Å²) in [7, 11) is 1.34. The van der Waals surface area contributed by atoms with Gasteiger partial charge in [0.25, 0.3) is 11.6 Å². The number of allylic oxidation sites excluding steroid dienone is 1. The van der Waals surface area contributed by atoms with Crippen LogP contribution in [-0.4, -0.2) is 30.3 Å². The summed E-state index contributed by atoms with van der Waals surface area (Å²) in [5.41, 5.74) is -0.228. The summed E-state index contributed by atoms with van der Waals surface area (Å²) in [6.07, 6.45) is 0. The van der Waals surface area contributed by atoms with Crippen LogP contribution < -0.4 is 0 Å². The monoisotopic (exact) mass is 223 g/mol. The largest absolute Gasteiger partial charge is 0.380 e. The topological polar surface area (TPSA) is 106 Å². The number of aliphatic imine (C=N–C) groups is 1. The predicted molar refractivity (Wildman–Crippen MR) is 53.1 cm³/mol. The molecule has 7 heteroatoms. The molecule has 1 heterocycles. The maximum absolute atomic E-state index is 11.4. The van der Waals surface area contributed by atoms with E-state index in [1.165, 1.54) is 14.0 Å². The molecular weight excluding hydrogens is 214 g/mol. The van der Waals surface area contributed by atoms with E-state index < -0.39 is 16.7 Å². The third kappa shape index (κ3) is 1.97. The number of ether oxygens (including phenoxy) is 1. The van der Waals surface area contributed by atoms with E-state index in [1.54, 1.807) is 6.07 Å². The summed E-state index contributed by atoms with van der Waals surface area (Å²) in [6.45, 7) is 1.23. The molecule has 16 heavy (non-hydrogen) atoms. The number of methoxy groups -OCH3 is 1. The molecular formula is C9H9N3O4. The Labute approximate surface area is 91.2 Å². The number of carbonyl (C=O) groups excluding carboxylic acids is 1. The Morgan fingerprint density at radius 3 is 2.75 bits per heavy atom. The molecule has 0 N–H and O–H groups in total. The van der Waals surface area contributed by atoms with E-state index in [0.717, 1.165) is 0 Å². The van der Waals surface area contributed by atoms with E-state index in [4.69, 9.17) is 10.00 Å². The third-order valence-corrected chi connectivity index (χ3v) is 2.13. The van der Waals surface area contributed by atoms with Crippen molar-refractivity contribution in [2.45, 2.75) is 6.92 Å². The third-order valence-electron chi connectivity index (χ3n) is 2.13. The van der Waals surface area contributed by atoms with Crippen molar-refractivity contribution in [1.82, 2.24) is 0 Å². The first-order valence-electron chi connectivity index (χ1n) is 4.38. The van der Waals surface area contributed by atoms with Gasteiger partial charge in [0, 0.05) is 7.11 Å². The number of rotatable bonds is 3. The fourth-order valence-corrected chi connectivity index (χ4v) is 1.49. The highest BCUT2D eigenvalue weighted by Crippen LogP contribution is 2.23. The molecule has 7 nitrogen and oxygen atoms in total. The Morgan fingerprint density at radius 1 is 1.69 bits per heavy atom. The lowest BCUT2D eigenvalue weighted by molar-refractivity contribution is -0.417. The molecule has 1 rings (SSSR count). The Morgan fingerprint density at radius 2 is 2.31 bits per heavy atom. The van der Waals surface area contributed by atoms with Gasteiger partial charge in [-0.25, -0.2) is 4.99 Å². The first-order chi connectivity index (χ1) is 7.52. The Balaban J connectivity index is 3.35. The number of carbonyl (C=O) groups is 1. The smallest absolute Gasteiger partial charge is 0.293 e. The molecule has 1 atom stereocenters. The summed E-state index contributed by atoms with van der Waals surface area (Å²) in [5, 5.41) is 19.6. The summed E-state index contributed by atoms with van der Waals surface area (Å²) >= 11 is 0. The summed E-state index contributed by atoms with van der Waals surface area (Å²) in [5.74, 6) is -1.90. The van der Waals surface area contributed by atoms with Gasteiger partial charge in [0.05, 0.1) is 23.2 Å². The van der Waals surface area contributed by atoms with Crippen LogP contribution in [0.2, 0.25) is 0 Å². The van der Waals surface area contributed by atoms with E-state index in [1.807, 2.05) is 0 Å². The molecule has 0 saturated heterocycles. The minimum absolute atomic E-state index is 0.00792. The minimum atomic E-state index is -1.22. The Kier molecular flexibility index (Phi) is 3.48. The van der Waals surface area contributed by atoms with Crippen molar-refractivity contribution in [3.8, 4) is 6.07 Å². The number of amides is 1. The van der Waals surface area contributed by atoms with Crippen molar-refractivity contribution in [2.75, 3.05) is 13.7 Å². The average molecular weight is 223 g/mol. The van der Waals surface area contributed by atoms with Crippen molar-refractivity contribution >= 4 is 11.6 Å². The minimum Gasteiger partial charge on any atom is -0.380 e. The molecule has 0 saturated carbocycles. The molecule has 0 aliphatic carbocycles. The lowest BCUT2D eigenvalue weighted by Gasteiger charge is -2.15. The molecule has 0 aromatic rings. The highest BCUT2D eigenvalue weighted by molar-refractivity contribution is 6.08. The number of hydrogen-bond acceptors (Lipinski definition) is 5. The molecule has 1 amide bonds. The molecule has 0 bridgehead atoms. The first-order valence-corrected chi connectivity index (χ1v) is 4.38. The van der Waals surface area contributed by atoms with Gasteiger partial charge in [0.1, 0.15) is 5.71 Å². The maximum atomic E-state index is 11.4. The van der Waals surface area contributed by atoms with Crippen molar-refractivity contribution in [3.05, 3.63) is 21.4 Å². The van der Waals surface area contributed by atoms with Gasteiger partial charge < -0.3 is 4.74 Å². The standard InChI is InChI=1S/C9H9N3O4/c1-5-8(12(14)15)7(4-16-2)6(3-10)9(13)11-5/h6H,4H2,1-2H3. The van der Waals surface area contributed by atoms with E-state index in [9.17, 15) is 14.9 Å². The zero-order valence-electron chi connectivity index (χ0n) is 8.76. The van der Waals surface area contributed by atoms with Gasteiger partial charge in [-0.05, 0) is 6.92 Å². The van der Waals surface area contributed by atoms with Crippen LogP contribution in [0.1, 0.15) is 6.92 Å². The van der Waals surface area contributed by atoms with E-state index in [-0.39, 0.29) is 23.6 Å². The van der Waals surface area contributed by atoms with Crippen LogP contribution in [-0.2, 0) is 9.53 Å². The number of nitro groups is 1. The molecule has 84 valence electrons. The zero-order valence-corrected chi connectivity index (χ0v) is 8.76. The van der Waals surface area contributed by atoms with Gasteiger partial charge in [-0.15, -0.1) is 0 Å². The maximum Gasteiger partial charge on any atom is 0.293 e. The van der Waals surface area contributed by atoms with Gasteiger partial charge in [0.15, 0.2) is 5.92 Å². The van der Waals surface area contributed by atoms with Crippen LogP contribution in [0.15, 0.2) is 16.3 Å². The normalized spacial score (nSPS) is 20.4. The number of nitrogens with zero attached hydrogens (tertiary/aromatic N) is 3. The summed E-state index contributed by atoms with van der Waals surface area (Å²) < 4.78 is 4.77. The second kappa shape index (κ2) is 4.63. The lowest BCUT2D eigenvalue weighted by atomic mass is 9.94. The zero-order chi connectivity index (χ0) is 12.3. The Hall–Kier alpha value is -2.07. The lowest BCUT2D eigenvalue weighted by Crippen LogP contribution is -2.28. The van der Waals surface area contributed by atoms with Crippen LogP contribution in [0.3, 0.4) is 0 Å². The SMILES string of the molecule is COCC1=C([N+](=O)[O-])C(C)=NC(=O)C1C#N. The van der Waals surface area contributed by atoms with Crippen LogP contribution in [0.25, 0.3) is 0 Å². The van der Waals surface area contributed by atoms with Gasteiger partial charge in [0.2, 0.25) is 0 Å². The molecule has 1 aliphatic heterocycles. The first kappa shape index (κ1) is 12.0. The second-order valence-electron chi connectivity index (χ2n) is 3.16.